The van der Waals surface area contributed by atoms with Crippen LogP contribution in [-0.4, -0.2) is 12.1 Å². The number of thiazole rings is 1. The third-order valence-electron chi connectivity index (χ3n) is 2.79. The van der Waals surface area contributed by atoms with Gasteiger partial charge in [0.2, 0.25) is 0 Å². The minimum Gasteiger partial charge on any atom is -0.496 e. The summed E-state index contributed by atoms with van der Waals surface area (Å²) < 4.78 is 5.39. The van der Waals surface area contributed by atoms with E-state index in [-0.39, 0.29) is 0 Å². The maximum absolute atomic E-state index is 5.39. The second-order valence-electron chi connectivity index (χ2n) is 4.30. The Morgan fingerprint density at radius 1 is 1.39 bits per heavy atom. The molecule has 0 amide bonds. The number of nitrogens with one attached hydrogen (secondary N) is 1. The Hall–Kier alpha value is -1.59. The molecule has 0 aliphatic rings. The quantitative estimate of drug-likeness (QED) is 0.657. The molecule has 0 unspecified atom stereocenters. The Morgan fingerprint density at radius 2 is 2.17 bits per heavy atom. The van der Waals surface area contributed by atoms with Crippen molar-refractivity contribution in [1.29, 1.82) is 0 Å². The highest BCUT2D eigenvalue weighted by Gasteiger charge is 2.12. The molecular formula is C13H17N3OS. The van der Waals surface area contributed by atoms with Crippen LogP contribution >= 0.6 is 11.3 Å². The smallest absolute Gasteiger partial charge is 0.197 e. The van der Waals surface area contributed by atoms with Crippen LogP contribution in [0.1, 0.15) is 25.3 Å². The number of hydrogen-bond acceptors (Lipinski definition) is 5. The van der Waals surface area contributed by atoms with E-state index < -0.39 is 0 Å². The van der Waals surface area contributed by atoms with Crippen LogP contribution < -0.4 is 16.0 Å². The number of nitrogens with two attached hydrogens (primary N) is 1. The fourth-order valence-corrected chi connectivity index (χ4v) is 2.37. The standard InChI is InChI=1S/C13H17N3OS/c1-8(2)9-4-5-12(17-3)10(6-9)11-7-18-13(15-11)16-14/h4-8H,14H2,1-3H3,(H,15,16). The zero-order valence-corrected chi connectivity index (χ0v) is 11.5. The minimum absolute atomic E-state index is 0.473. The van der Waals surface area contributed by atoms with Gasteiger partial charge in [0.05, 0.1) is 12.8 Å². The highest BCUT2D eigenvalue weighted by Crippen LogP contribution is 2.34. The highest BCUT2D eigenvalue weighted by atomic mass is 32.1. The molecular weight excluding hydrogens is 246 g/mol. The molecule has 0 spiro atoms. The zero-order chi connectivity index (χ0) is 13.1. The molecule has 0 bridgehead atoms. The maximum Gasteiger partial charge on any atom is 0.197 e. The lowest BCUT2D eigenvalue weighted by atomic mass is 9.99. The molecule has 0 atom stereocenters. The van der Waals surface area contributed by atoms with E-state index in [9.17, 15) is 0 Å². The molecule has 1 heterocycles. The van der Waals surface area contributed by atoms with E-state index >= 15 is 0 Å². The van der Waals surface area contributed by atoms with E-state index in [0.717, 1.165) is 17.0 Å². The van der Waals surface area contributed by atoms with Crippen molar-refractivity contribution >= 4 is 16.5 Å². The molecule has 1 aromatic carbocycles. The van der Waals surface area contributed by atoms with E-state index in [2.05, 4.69) is 36.4 Å². The molecule has 5 heteroatoms. The fourth-order valence-electron chi connectivity index (χ4n) is 1.75. The van der Waals surface area contributed by atoms with Gasteiger partial charge in [-0.2, -0.15) is 0 Å². The van der Waals surface area contributed by atoms with Crippen LogP contribution in [0.3, 0.4) is 0 Å². The molecule has 2 rings (SSSR count). The molecule has 4 nitrogen and oxygen atoms in total. The second-order valence-corrected chi connectivity index (χ2v) is 5.15. The van der Waals surface area contributed by atoms with Crippen LogP contribution in [0.15, 0.2) is 23.6 Å². The van der Waals surface area contributed by atoms with Crippen LogP contribution in [0.25, 0.3) is 11.3 Å². The lowest BCUT2D eigenvalue weighted by molar-refractivity contribution is 0.416. The van der Waals surface area contributed by atoms with Gasteiger partial charge in [0.1, 0.15) is 5.75 Å². The van der Waals surface area contributed by atoms with Crippen molar-refractivity contribution in [3.63, 3.8) is 0 Å². The Balaban J connectivity index is 2.49. The Kier molecular flexibility index (Phi) is 3.84. The summed E-state index contributed by atoms with van der Waals surface area (Å²) in [7, 11) is 1.67. The maximum atomic E-state index is 5.39. The molecule has 0 fully saturated rings. The average Bonchev–Trinajstić information content (AvgIpc) is 2.86. The van der Waals surface area contributed by atoms with E-state index in [1.165, 1.54) is 16.9 Å². The molecule has 0 aliphatic heterocycles. The number of anilines is 1. The van der Waals surface area contributed by atoms with Crippen LogP contribution in [-0.2, 0) is 0 Å². The van der Waals surface area contributed by atoms with Crippen LogP contribution in [0.2, 0.25) is 0 Å². The van der Waals surface area contributed by atoms with Crippen molar-refractivity contribution in [1.82, 2.24) is 4.98 Å². The number of nitrogen functional groups attached to an aromatic ring is 1. The molecule has 96 valence electrons. The predicted octanol–water partition coefficient (Wildman–Crippen LogP) is 3.23. The van der Waals surface area contributed by atoms with Gasteiger partial charge in [-0.15, -0.1) is 11.3 Å². The van der Waals surface area contributed by atoms with Gasteiger partial charge in [0.25, 0.3) is 0 Å². The summed E-state index contributed by atoms with van der Waals surface area (Å²) >= 11 is 1.48. The summed E-state index contributed by atoms with van der Waals surface area (Å²) in [5.41, 5.74) is 5.71. The van der Waals surface area contributed by atoms with Crippen molar-refractivity contribution in [3.05, 3.63) is 29.1 Å². The van der Waals surface area contributed by atoms with Gasteiger partial charge >= 0.3 is 0 Å². The van der Waals surface area contributed by atoms with Gasteiger partial charge in [-0.1, -0.05) is 19.9 Å². The topological polar surface area (TPSA) is 60.2 Å². The summed E-state index contributed by atoms with van der Waals surface area (Å²) in [5.74, 6) is 6.66. The number of ether oxygens (including phenoxy) is 1. The Labute approximate surface area is 111 Å². The van der Waals surface area contributed by atoms with E-state index in [1.54, 1.807) is 7.11 Å². The van der Waals surface area contributed by atoms with E-state index in [0.29, 0.717) is 11.0 Å². The molecule has 3 N–H and O–H groups in total. The highest BCUT2D eigenvalue weighted by molar-refractivity contribution is 7.14. The SMILES string of the molecule is COc1ccc(C(C)C)cc1-c1csc(NN)n1. The van der Waals surface area contributed by atoms with Gasteiger partial charge < -0.3 is 4.74 Å². The normalized spacial score (nSPS) is 10.7. The lowest BCUT2D eigenvalue weighted by Gasteiger charge is -2.11. The first kappa shape index (κ1) is 12.9. The average molecular weight is 263 g/mol. The summed E-state index contributed by atoms with van der Waals surface area (Å²) in [4.78, 5) is 4.41. The van der Waals surface area contributed by atoms with Gasteiger partial charge in [-0.25, -0.2) is 10.8 Å². The summed E-state index contributed by atoms with van der Waals surface area (Å²) in [6.45, 7) is 4.33. The van der Waals surface area contributed by atoms with Gasteiger partial charge in [0, 0.05) is 10.9 Å². The molecule has 18 heavy (non-hydrogen) atoms. The predicted molar refractivity (Wildman–Crippen MR) is 76.0 cm³/mol. The molecule has 0 saturated carbocycles. The van der Waals surface area contributed by atoms with Gasteiger partial charge in [0.15, 0.2) is 5.13 Å². The van der Waals surface area contributed by atoms with Crippen molar-refractivity contribution < 1.29 is 4.74 Å². The van der Waals surface area contributed by atoms with Crippen molar-refractivity contribution in [2.45, 2.75) is 19.8 Å². The largest absolute Gasteiger partial charge is 0.496 e. The number of nitrogens with zero attached hydrogens (tertiary/aromatic N) is 1. The third kappa shape index (κ3) is 2.47. The van der Waals surface area contributed by atoms with Crippen LogP contribution in [0, 0.1) is 0 Å². The van der Waals surface area contributed by atoms with E-state index in [1.807, 2.05) is 11.4 Å². The second kappa shape index (κ2) is 5.37. The van der Waals surface area contributed by atoms with Crippen molar-refractivity contribution in [3.8, 4) is 17.0 Å². The molecule has 0 aliphatic carbocycles. The first-order valence-electron chi connectivity index (χ1n) is 5.76. The number of aromatic nitrogens is 1. The van der Waals surface area contributed by atoms with Crippen molar-refractivity contribution in [2.24, 2.45) is 5.84 Å². The van der Waals surface area contributed by atoms with Gasteiger partial charge in [-0.05, 0) is 23.6 Å². The number of hydrogen-bond donors (Lipinski definition) is 2. The number of benzene rings is 1. The number of methoxy groups -OCH3 is 1. The zero-order valence-electron chi connectivity index (χ0n) is 10.7. The number of hydrazine groups is 1. The van der Waals surface area contributed by atoms with E-state index in [4.69, 9.17) is 10.6 Å². The number of rotatable bonds is 4. The molecule has 0 radical (unpaired) electrons. The molecule has 2 aromatic rings. The fraction of sp³-hybridized carbons (Fsp3) is 0.308. The summed E-state index contributed by atoms with van der Waals surface area (Å²) in [5, 5.41) is 2.67. The van der Waals surface area contributed by atoms with Crippen molar-refractivity contribution in [2.75, 3.05) is 12.5 Å². The van der Waals surface area contributed by atoms with Crippen LogP contribution in [0.5, 0.6) is 5.75 Å². The minimum atomic E-state index is 0.473. The summed E-state index contributed by atoms with van der Waals surface area (Å²) in [6.07, 6.45) is 0. The Morgan fingerprint density at radius 3 is 2.72 bits per heavy atom. The molecule has 1 aromatic heterocycles. The lowest BCUT2D eigenvalue weighted by Crippen LogP contribution is -2.05. The Bertz CT molecular complexity index is 537. The van der Waals surface area contributed by atoms with Gasteiger partial charge in [-0.3, -0.25) is 5.43 Å². The molecule has 0 saturated heterocycles. The monoisotopic (exact) mass is 263 g/mol. The van der Waals surface area contributed by atoms with Crippen LogP contribution in [0.4, 0.5) is 5.13 Å². The summed E-state index contributed by atoms with van der Waals surface area (Å²) in [6, 6.07) is 6.19. The first-order chi connectivity index (χ1) is 8.65. The first-order valence-corrected chi connectivity index (χ1v) is 6.64. The third-order valence-corrected chi connectivity index (χ3v) is 3.57.